The molecule has 98 valence electrons. The van der Waals surface area contributed by atoms with Gasteiger partial charge in [0, 0.05) is 4.47 Å². The summed E-state index contributed by atoms with van der Waals surface area (Å²) in [6.45, 7) is 1.43. The molecular weight excluding hydrogens is 322 g/mol. The Hall–Kier alpha value is -0.300. The molecule has 1 rings (SSSR count). The molecule has 0 bridgehead atoms. The van der Waals surface area contributed by atoms with E-state index in [-0.39, 0.29) is 18.0 Å². The highest BCUT2D eigenvalue weighted by Crippen LogP contribution is 2.34. The predicted octanol–water partition coefficient (Wildman–Crippen LogP) is 3.27. The lowest BCUT2D eigenvalue weighted by molar-refractivity contribution is -0.137. The van der Waals surface area contributed by atoms with Gasteiger partial charge in [-0.25, -0.2) is 0 Å². The van der Waals surface area contributed by atoms with Crippen molar-refractivity contribution < 1.29 is 18.3 Å². The van der Waals surface area contributed by atoms with Crippen molar-refractivity contribution in [1.29, 1.82) is 0 Å². The molecule has 0 saturated heterocycles. The summed E-state index contributed by atoms with van der Waals surface area (Å²) in [7, 11) is 0. The summed E-state index contributed by atoms with van der Waals surface area (Å²) in [5.74, 6) is 0. The van der Waals surface area contributed by atoms with Gasteiger partial charge in [-0.15, -0.1) is 12.4 Å². The van der Waals surface area contributed by atoms with Crippen LogP contribution in [-0.4, -0.2) is 11.2 Å². The highest BCUT2D eigenvalue weighted by Gasteiger charge is 2.31. The zero-order valence-corrected chi connectivity index (χ0v) is 11.2. The Morgan fingerprint density at radius 3 is 2.29 bits per heavy atom. The topological polar surface area (TPSA) is 46.2 Å². The molecule has 0 amide bonds. The minimum atomic E-state index is -4.41. The molecule has 3 N–H and O–H groups in total. The number of hydrogen-bond acceptors (Lipinski definition) is 2. The molecule has 0 fully saturated rings. The summed E-state index contributed by atoms with van der Waals surface area (Å²) in [4.78, 5) is 0. The van der Waals surface area contributed by atoms with Crippen molar-refractivity contribution >= 4 is 28.3 Å². The van der Waals surface area contributed by atoms with Crippen LogP contribution in [0.25, 0.3) is 0 Å². The molecule has 0 spiro atoms. The van der Waals surface area contributed by atoms with Gasteiger partial charge in [0.15, 0.2) is 0 Å². The van der Waals surface area contributed by atoms with Crippen molar-refractivity contribution in [3.63, 3.8) is 0 Å². The van der Waals surface area contributed by atoms with Crippen molar-refractivity contribution in [3.8, 4) is 0 Å². The van der Waals surface area contributed by atoms with E-state index in [1.165, 1.54) is 13.0 Å². The Morgan fingerprint density at radius 1 is 1.35 bits per heavy atom. The van der Waals surface area contributed by atoms with E-state index in [1.807, 2.05) is 0 Å². The SMILES string of the molecule is C[C@@H](O)[C@@H](N)c1cc(C(F)(F)F)ccc1Br.Cl. The van der Waals surface area contributed by atoms with E-state index in [1.54, 1.807) is 0 Å². The van der Waals surface area contributed by atoms with E-state index in [9.17, 15) is 18.3 Å². The minimum Gasteiger partial charge on any atom is -0.391 e. The highest BCUT2D eigenvalue weighted by molar-refractivity contribution is 9.10. The quantitative estimate of drug-likeness (QED) is 0.872. The standard InChI is InChI=1S/C10H11BrF3NO.ClH/c1-5(16)9(15)7-4-6(10(12,13)14)2-3-8(7)11;/h2-5,9,16H,15H2,1H3;1H/t5-,9-;/m1./s1. The maximum absolute atomic E-state index is 12.4. The second-order valence-corrected chi connectivity index (χ2v) is 4.35. The molecular formula is C10H12BrClF3NO. The van der Waals surface area contributed by atoms with E-state index in [2.05, 4.69) is 15.9 Å². The van der Waals surface area contributed by atoms with Crippen molar-refractivity contribution in [2.75, 3.05) is 0 Å². The average Bonchev–Trinajstić information content (AvgIpc) is 2.15. The van der Waals surface area contributed by atoms with Crippen LogP contribution in [0.3, 0.4) is 0 Å². The normalized spacial score (nSPS) is 15.0. The van der Waals surface area contributed by atoms with Crippen LogP contribution in [0.5, 0.6) is 0 Å². The molecule has 1 aromatic carbocycles. The lowest BCUT2D eigenvalue weighted by Gasteiger charge is -2.18. The largest absolute Gasteiger partial charge is 0.416 e. The van der Waals surface area contributed by atoms with Crippen LogP contribution < -0.4 is 5.73 Å². The molecule has 0 aliphatic heterocycles. The number of alkyl halides is 3. The van der Waals surface area contributed by atoms with Gasteiger partial charge in [-0.1, -0.05) is 15.9 Å². The molecule has 0 aromatic heterocycles. The number of hydrogen-bond donors (Lipinski definition) is 2. The third-order valence-electron chi connectivity index (χ3n) is 2.20. The minimum absolute atomic E-state index is 0. The third-order valence-corrected chi connectivity index (χ3v) is 2.92. The Kier molecular flexibility index (Phi) is 5.93. The maximum Gasteiger partial charge on any atom is 0.416 e. The first-order valence-electron chi connectivity index (χ1n) is 4.53. The molecule has 1 aromatic rings. The van der Waals surface area contributed by atoms with Crippen molar-refractivity contribution in [3.05, 3.63) is 33.8 Å². The highest BCUT2D eigenvalue weighted by atomic mass is 79.9. The first-order valence-corrected chi connectivity index (χ1v) is 5.33. The Bertz CT molecular complexity index is 384. The van der Waals surface area contributed by atoms with Crippen molar-refractivity contribution in [2.45, 2.75) is 25.2 Å². The Labute approximate surface area is 112 Å². The van der Waals surface area contributed by atoms with Gasteiger partial charge in [-0.2, -0.15) is 13.2 Å². The zero-order chi connectivity index (χ0) is 12.5. The molecule has 0 radical (unpaired) electrons. The Balaban J connectivity index is 0.00000256. The van der Waals surface area contributed by atoms with Crippen LogP contribution in [-0.2, 0) is 6.18 Å². The van der Waals surface area contributed by atoms with E-state index in [4.69, 9.17) is 5.73 Å². The first kappa shape index (κ1) is 16.7. The van der Waals surface area contributed by atoms with Crippen LogP contribution in [0.4, 0.5) is 13.2 Å². The monoisotopic (exact) mass is 333 g/mol. The molecule has 0 aliphatic carbocycles. The number of benzene rings is 1. The van der Waals surface area contributed by atoms with Crippen molar-refractivity contribution in [2.24, 2.45) is 5.73 Å². The second-order valence-electron chi connectivity index (χ2n) is 3.50. The number of aliphatic hydroxyl groups is 1. The first-order chi connectivity index (χ1) is 7.23. The molecule has 0 aliphatic rings. The molecule has 7 heteroatoms. The molecule has 0 heterocycles. The van der Waals surface area contributed by atoms with Gasteiger partial charge in [0.2, 0.25) is 0 Å². The zero-order valence-electron chi connectivity index (χ0n) is 8.83. The van der Waals surface area contributed by atoms with Gasteiger partial charge in [-0.3, -0.25) is 0 Å². The second kappa shape index (κ2) is 6.04. The molecule has 0 saturated carbocycles. The third kappa shape index (κ3) is 4.13. The van der Waals surface area contributed by atoms with Crippen LogP contribution in [0, 0.1) is 0 Å². The molecule has 0 unspecified atom stereocenters. The van der Waals surface area contributed by atoms with E-state index in [0.717, 1.165) is 12.1 Å². The predicted molar refractivity (Wildman–Crippen MR) is 65.0 cm³/mol. The average molecular weight is 335 g/mol. The van der Waals surface area contributed by atoms with Crippen molar-refractivity contribution in [1.82, 2.24) is 0 Å². The summed E-state index contributed by atoms with van der Waals surface area (Å²) < 4.78 is 37.8. The molecule has 2 nitrogen and oxygen atoms in total. The summed E-state index contributed by atoms with van der Waals surface area (Å²) in [5.41, 5.74) is 5.07. The fourth-order valence-electron chi connectivity index (χ4n) is 1.24. The van der Waals surface area contributed by atoms with Crippen LogP contribution >= 0.6 is 28.3 Å². The number of rotatable bonds is 2. The lowest BCUT2D eigenvalue weighted by Crippen LogP contribution is -2.24. The fraction of sp³-hybridized carbons (Fsp3) is 0.400. The lowest BCUT2D eigenvalue weighted by atomic mass is 10.0. The van der Waals surface area contributed by atoms with Crippen LogP contribution in [0.15, 0.2) is 22.7 Å². The maximum atomic E-state index is 12.4. The molecule has 2 atom stereocenters. The van der Waals surface area contributed by atoms with E-state index in [0.29, 0.717) is 4.47 Å². The molecule has 17 heavy (non-hydrogen) atoms. The summed E-state index contributed by atoms with van der Waals surface area (Å²) >= 11 is 3.11. The van der Waals surface area contributed by atoms with E-state index >= 15 is 0 Å². The summed E-state index contributed by atoms with van der Waals surface area (Å²) in [6, 6.07) is 2.33. The number of aliphatic hydroxyl groups excluding tert-OH is 1. The van der Waals surface area contributed by atoms with Gasteiger partial charge >= 0.3 is 6.18 Å². The van der Waals surface area contributed by atoms with Gasteiger partial charge < -0.3 is 10.8 Å². The van der Waals surface area contributed by atoms with Gasteiger partial charge in [0.05, 0.1) is 17.7 Å². The van der Waals surface area contributed by atoms with E-state index < -0.39 is 23.9 Å². The smallest absolute Gasteiger partial charge is 0.391 e. The fourth-order valence-corrected chi connectivity index (χ4v) is 1.75. The summed E-state index contributed by atoms with van der Waals surface area (Å²) in [5, 5.41) is 9.27. The van der Waals surface area contributed by atoms with Gasteiger partial charge in [-0.05, 0) is 30.7 Å². The van der Waals surface area contributed by atoms with Crippen LogP contribution in [0.2, 0.25) is 0 Å². The Morgan fingerprint density at radius 2 is 1.88 bits per heavy atom. The number of nitrogens with two attached hydrogens (primary N) is 1. The van der Waals surface area contributed by atoms with Crippen LogP contribution in [0.1, 0.15) is 24.1 Å². The summed E-state index contributed by atoms with van der Waals surface area (Å²) in [6.07, 6.45) is -5.33. The van der Waals surface area contributed by atoms with Gasteiger partial charge in [0.25, 0.3) is 0 Å². The number of halogens is 5. The van der Waals surface area contributed by atoms with Gasteiger partial charge in [0.1, 0.15) is 0 Å².